The molecule has 2 rings (SSSR count). The predicted molar refractivity (Wildman–Crippen MR) is 103 cm³/mol. The minimum absolute atomic E-state index is 0.0551. The summed E-state index contributed by atoms with van der Waals surface area (Å²) in [5.41, 5.74) is -0.539. The maximum atomic E-state index is 12.3. The third-order valence-corrected chi connectivity index (χ3v) is 5.27. The average molecular weight is 382 g/mol. The number of carbonyl (C=O) groups excluding carboxylic acids is 3. The van der Waals surface area contributed by atoms with Gasteiger partial charge < -0.3 is 20.3 Å². The fourth-order valence-electron chi connectivity index (χ4n) is 3.71. The van der Waals surface area contributed by atoms with E-state index in [4.69, 9.17) is 4.74 Å². The summed E-state index contributed by atoms with van der Waals surface area (Å²) in [7, 11) is 0. The van der Waals surface area contributed by atoms with Gasteiger partial charge in [-0.1, -0.05) is 12.8 Å². The fraction of sp³-hybridized carbons (Fsp3) is 0.850. The van der Waals surface area contributed by atoms with Crippen LogP contribution in [0.4, 0.5) is 4.79 Å². The van der Waals surface area contributed by atoms with Gasteiger partial charge in [-0.3, -0.25) is 9.59 Å². The third kappa shape index (κ3) is 7.77. The van der Waals surface area contributed by atoms with E-state index >= 15 is 0 Å². The molecule has 1 saturated carbocycles. The van der Waals surface area contributed by atoms with E-state index in [1.165, 1.54) is 12.8 Å². The Bertz CT molecular complexity index is 516. The summed E-state index contributed by atoms with van der Waals surface area (Å²) < 4.78 is 5.15. The summed E-state index contributed by atoms with van der Waals surface area (Å²) in [5, 5.41) is 5.72. The first-order valence-corrected chi connectivity index (χ1v) is 10.3. The van der Waals surface area contributed by atoms with Gasteiger partial charge in [0.1, 0.15) is 5.60 Å². The molecule has 0 aromatic rings. The highest BCUT2D eigenvalue weighted by molar-refractivity contribution is 5.79. The molecule has 0 radical (unpaired) electrons. The molecule has 7 heteroatoms. The highest BCUT2D eigenvalue weighted by Gasteiger charge is 2.26. The first kappa shape index (κ1) is 21.5. The second kappa shape index (κ2) is 9.95. The molecule has 27 heavy (non-hydrogen) atoms. The van der Waals surface area contributed by atoms with Crippen molar-refractivity contribution in [3.8, 4) is 0 Å². The van der Waals surface area contributed by atoms with E-state index in [1.807, 2.05) is 4.90 Å². The lowest BCUT2D eigenvalue weighted by molar-refractivity contribution is -0.132. The van der Waals surface area contributed by atoms with Gasteiger partial charge in [-0.25, -0.2) is 4.79 Å². The summed E-state index contributed by atoms with van der Waals surface area (Å²) >= 11 is 0. The van der Waals surface area contributed by atoms with Gasteiger partial charge in [-0.05, 0) is 52.4 Å². The first-order valence-electron chi connectivity index (χ1n) is 10.3. The molecule has 0 bridgehead atoms. The van der Waals surface area contributed by atoms with E-state index in [0.29, 0.717) is 5.92 Å². The quantitative estimate of drug-likeness (QED) is 0.740. The molecule has 0 unspecified atom stereocenters. The summed E-state index contributed by atoms with van der Waals surface area (Å²) in [6, 6.07) is 0. The number of carbonyl (C=O) groups is 3. The molecule has 1 aliphatic carbocycles. The van der Waals surface area contributed by atoms with Crippen LogP contribution < -0.4 is 10.6 Å². The monoisotopic (exact) mass is 381 g/mol. The van der Waals surface area contributed by atoms with Crippen LogP contribution in [-0.2, 0) is 14.3 Å². The smallest absolute Gasteiger partial charge is 0.407 e. The Labute approximate surface area is 162 Å². The number of amides is 3. The Morgan fingerprint density at radius 1 is 1.00 bits per heavy atom. The first-order chi connectivity index (χ1) is 12.7. The zero-order chi connectivity index (χ0) is 19.9. The van der Waals surface area contributed by atoms with Gasteiger partial charge in [0.15, 0.2) is 0 Å². The molecule has 154 valence electrons. The zero-order valence-corrected chi connectivity index (χ0v) is 17.0. The Balaban J connectivity index is 1.58. The van der Waals surface area contributed by atoms with Gasteiger partial charge in [0.05, 0.1) is 0 Å². The number of piperidine rings is 1. The topological polar surface area (TPSA) is 87.7 Å². The highest BCUT2D eigenvalue weighted by atomic mass is 16.6. The molecule has 0 aromatic carbocycles. The largest absolute Gasteiger partial charge is 0.444 e. The fourth-order valence-corrected chi connectivity index (χ4v) is 3.71. The molecule has 0 aromatic heterocycles. The zero-order valence-electron chi connectivity index (χ0n) is 17.0. The molecule has 1 heterocycles. The van der Waals surface area contributed by atoms with Crippen LogP contribution in [0.3, 0.4) is 0 Å². The normalized spacial score (nSPS) is 19.0. The van der Waals surface area contributed by atoms with Crippen molar-refractivity contribution in [3.05, 3.63) is 0 Å². The van der Waals surface area contributed by atoms with Crippen molar-refractivity contribution in [2.24, 2.45) is 11.8 Å². The van der Waals surface area contributed by atoms with Gasteiger partial charge in [-0.2, -0.15) is 0 Å². The number of ether oxygens (including phenoxy) is 1. The van der Waals surface area contributed by atoms with Crippen LogP contribution in [0.25, 0.3) is 0 Å². The van der Waals surface area contributed by atoms with Crippen molar-refractivity contribution < 1.29 is 19.1 Å². The average Bonchev–Trinajstić information content (AvgIpc) is 3.13. The van der Waals surface area contributed by atoms with E-state index in [-0.39, 0.29) is 30.7 Å². The molecule has 2 N–H and O–H groups in total. The van der Waals surface area contributed by atoms with E-state index in [2.05, 4.69) is 10.6 Å². The standard InChI is InChI=1S/C20H35N3O4/c1-20(2,3)27-19(26)21-11-8-17(24)23-12-9-15(10-13-23)14-22-18(25)16-6-4-5-7-16/h15-16H,4-14H2,1-3H3,(H,21,26)(H,22,25). The van der Waals surface area contributed by atoms with Crippen LogP contribution in [-0.4, -0.2) is 54.6 Å². The maximum absolute atomic E-state index is 12.3. The molecule has 7 nitrogen and oxygen atoms in total. The number of alkyl carbamates (subject to hydrolysis) is 1. The lowest BCUT2D eigenvalue weighted by Gasteiger charge is -2.32. The molecule has 1 aliphatic heterocycles. The van der Waals surface area contributed by atoms with E-state index in [9.17, 15) is 14.4 Å². The number of hydrogen-bond donors (Lipinski definition) is 2. The summed E-state index contributed by atoms with van der Waals surface area (Å²) in [4.78, 5) is 37.8. The Hall–Kier alpha value is -1.79. The minimum atomic E-state index is -0.539. The van der Waals surface area contributed by atoms with Crippen LogP contribution in [0.2, 0.25) is 0 Å². The predicted octanol–water partition coefficient (Wildman–Crippen LogP) is 2.45. The van der Waals surface area contributed by atoms with Gasteiger partial charge >= 0.3 is 6.09 Å². The number of nitrogens with zero attached hydrogens (tertiary/aromatic N) is 1. The van der Waals surface area contributed by atoms with E-state index in [0.717, 1.165) is 45.3 Å². The van der Waals surface area contributed by atoms with Crippen LogP contribution in [0.1, 0.15) is 65.7 Å². The van der Waals surface area contributed by atoms with Crippen molar-refractivity contribution in [3.63, 3.8) is 0 Å². The van der Waals surface area contributed by atoms with Gasteiger partial charge in [0, 0.05) is 38.5 Å². The SMILES string of the molecule is CC(C)(C)OC(=O)NCCC(=O)N1CCC(CNC(=O)C2CCCC2)CC1. The molecule has 1 saturated heterocycles. The van der Waals surface area contributed by atoms with Crippen LogP contribution in [0.15, 0.2) is 0 Å². The second-order valence-electron chi connectivity index (χ2n) is 8.73. The van der Waals surface area contributed by atoms with E-state index < -0.39 is 11.7 Å². The molecular weight excluding hydrogens is 346 g/mol. The molecule has 3 amide bonds. The summed E-state index contributed by atoms with van der Waals surface area (Å²) in [6.45, 7) is 7.85. The Kier molecular flexibility index (Phi) is 7.92. The summed E-state index contributed by atoms with van der Waals surface area (Å²) in [6.07, 6.45) is 6.00. The molecule has 2 fully saturated rings. The van der Waals surface area contributed by atoms with Crippen molar-refractivity contribution in [1.29, 1.82) is 0 Å². The number of rotatable bonds is 6. The van der Waals surface area contributed by atoms with Crippen molar-refractivity contribution in [2.45, 2.75) is 71.3 Å². The molecule has 0 atom stereocenters. The van der Waals surface area contributed by atoms with E-state index in [1.54, 1.807) is 20.8 Å². The third-order valence-electron chi connectivity index (χ3n) is 5.27. The van der Waals surface area contributed by atoms with Crippen molar-refractivity contribution >= 4 is 17.9 Å². The van der Waals surface area contributed by atoms with Crippen LogP contribution in [0, 0.1) is 11.8 Å². The number of hydrogen-bond acceptors (Lipinski definition) is 4. The number of likely N-dealkylation sites (tertiary alicyclic amines) is 1. The van der Waals surface area contributed by atoms with Crippen LogP contribution in [0.5, 0.6) is 0 Å². The highest BCUT2D eigenvalue weighted by Crippen LogP contribution is 2.25. The summed E-state index contributed by atoms with van der Waals surface area (Å²) in [5.74, 6) is 0.919. The lowest BCUT2D eigenvalue weighted by atomic mass is 9.96. The molecule has 2 aliphatic rings. The molecule has 0 spiro atoms. The second-order valence-corrected chi connectivity index (χ2v) is 8.73. The Morgan fingerprint density at radius 3 is 2.22 bits per heavy atom. The molecular formula is C20H35N3O4. The maximum Gasteiger partial charge on any atom is 0.407 e. The van der Waals surface area contributed by atoms with Crippen LogP contribution >= 0.6 is 0 Å². The Morgan fingerprint density at radius 2 is 1.63 bits per heavy atom. The van der Waals surface area contributed by atoms with Gasteiger partial charge in [0.2, 0.25) is 11.8 Å². The minimum Gasteiger partial charge on any atom is -0.444 e. The van der Waals surface area contributed by atoms with Crippen molar-refractivity contribution in [1.82, 2.24) is 15.5 Å². The lowest BCUT2D eigenvalue weighted by Crippen LogP contribution is -2.43. The van der Waals surface area contributed by atoms with Gasteiger partial charge in [-0.15, -0.1) is 0 Å². The van der Waals surface area contributed by atoms with Crippen molar-refractivity contribution in [2.75, 3.05) is 26.2 Å². The number of nitrogens with one attached hydrogen (secondary N) is 2. The van der Waals surface area contributed by atoms with Gasteiger partial charge in [0.25, 0.3) is 0 Å².